The minimum Gasteiger partial charge on any atom is -0.381 e. The number of rotatable bonds is 14. The molecule has 1 rings (SSSR count). The van der Waals surface area contributed by atoms with E-state index in [1.54, 1.807) is 0 Å². The summed E-state index contributed by atoms with van der Waals surface area (Å²) in [7, 11) is 0. The Hall–Kier alpha value is -0.120. The molecular weight excluding hydrogens is 443 g/mol. The first-order chi connectivity index (χ1) is 12.3. The van der Waals surface area contributed by atoms with Crippen molar-refractivity contribution in [3.05, 3.63) is 0 Å². The molecule has 0 aromatic carbocycles. The lowest BCUT2D eigenvalue weighted by atomic mass is 10.1. The average Bonchev–Trinajstić information content (AvgIpc) is 3.14. The highest BCUT2D eigenvalue weighted by Gasteiger charge is 2.15. The average molecular weight is 484 g/mol. The molecule has 156 valence electrons. The second kappa shape index (κ2) is 18.3. The van der Waals surface area contributed by atoms with Gasteiger partial charge in [0.1, 0.15) is 0 Å². The third-order valence-electron chi connectivity index (χ3n) is 4.53. The molecule has 1 atom stereocenters. The monoisotopic (exact) mass is 484 g/mol. The minimum atomic E-state index is 0. The Bertz CT molecular complexity index is 336. The van der Waals surface area contributed by atoms with E-state index in [0.717, 1.165) is 78.0 Å². The Balaban J connectivity index is 0.00000625. The molecule has 1 heterocycles. The highest BCUT2D eigenvalue weighted by molar-refractivity contribution is 14.0. The normalized spacial score (nSPS) is 17.4. The molecule has 0 aromatic heterocycles. The molecule has 1 saturated heterocycles. The fraction of sp³-hybridized carbons (Fsp3) is 0.947. The Kier molecular flexibility index (Phi) is 18.2. The number of halogens is 1. The maximum atomic E-state index is 5.72. The van der Waals surface area contributed by atoms with Gasteiger partial charge in [-0.1, -0.05) is 13.8 Å². The van der Waals surface area contributed by atoms with Crippen LogP contribution in [0.5, 0.6) is 0 Å². The van der Waals surface area contributed by atoms with E-state index in [1.807, 2.05) is 0 Å². The van der Waals surface area contributed by atoms with Gasteiger partial charge < -0.3 is 25.0 Å². The van der Waals surface area contributed by atoms with Crippen molar-refractivity contribution >= 4 is 29.9 Å². The van der Waals surface area contributed by atoms with Crippen molar-refractivity contribution in [1.82, 2.24) is 15.5 Å². The number of hydrogen-bond acceptors (Lipinski definition) is 4. The zero-order valence-corrected chi connectivity index (χ0v) is 19.4. The predicted octanol–water partition coefficient (Wildman–Crippen LogP) is 2.72. The Labute approximate surface area is 177 Å². The van der Waals surface area contributed by atoms with Crippen molar-refractivity contribution in [2.24, 2.45) is 10.9 Å². The molecule has 1 aliphatic rings. The van der Waals surface area contributed by atoms with Crippen LogP contribution in [0.3, 0.4) is 0 Å². The van der Waals surface area contributed by atoms with Crippen LogP contribution in [0.4, 0.5) is 0 Å². The Morgan fingerprint density at radius 3 is 2.62 bits per heavy atom. The Morgan fingerprint density at radius 1 is 1.15 bits per heavy atom. The second-order valence-corrected chi connectivity index (χ2v) is 6.58. The number of guanidine groups is 1. The molecule has 7 heteroatoms. The summed E-state index contributed by atoms with van der Waals surface area (Å²) in [6.45, 7) is 16.1. The van der Waals surface area contributed by atoms with Gasteiger partial charge in [-0.15, -0.1) is 24.0 Å². The lowest BCUT2D eigenvalue weighted by Gasteiger charge is -2.18. The van der Waals surface area contributed by atoms with Gasteiger partial charge in [-0.25, -0.2) is 0 Å². The van der Waals surface area contributed by atoms with E-state index in [-0.39, 0.29) is 24.0 Å². The lowest BCUT2D eigenvalue weighted by Crippen LogP contribution is -2.38. The SMILES string of the molecule is CCNC(=NCCCOCC1CCOC1)NCCCCN(CC)CC.I. The lowest BCUT2D eigenvalue weighted by molar-refractivity contribution is 0.0893. The zero-order chi connectivity index (χ0) is 18.2. The third kappa shape index (κ3) is 13.1. The number of unbranched alkanes of at least 4 members (excludes halogenated alkanes) is 1. The first-order valence-electron chi connectivity index (χ1n) is 10.2. The predicted molar refractivity (Wildman–Crippen MR) is 121 cm³/mol. The van der Waals surface area contributed by atoms with Gasteiger partial charge in [0.25, 0.3) is 0 Å². The number of nitrogens with one attached hydrogen (secondary N) is 2. The molecule has 0 amide bonds. The molecule has 0 spiro atoms. The Morgan fingerprint density at radius 2 is 1.96 bits per heavy atom. The zero-order valence-electron chi connectivity index (χ0n) is 17.1. The van der Waals surface area contributed by atoms with E-state index in [4.69, 9.17) is 9.47 Å². The van der Waals surface area contributed by atoms with Crippen LogP contribution in [0.1, 0.15) is 46.5 Å². The molecule has 1 fully saturated rings. The van der Waals surface area contributed by atoms with E-state index in [0.29, 0.717) is 5.92 Å². The van der Waals surface area contributed by atoms with Crippen LogP contribution >= 0.6 is 24.0 Å². The molecule has 0 saturated carbocycles. The molecule has 0 bridgehead atoms. The van der Waals surface area contributed by atoms with Gasteiger partial charge in [-0.05, 0) is 52.2 Å². The van der Waals surface area contributed by atoms with Crippen molar-refractivity contribution in [2.75, 3.05) is 65.7 Å². The first-order valence-corrected chi connectivity index (χ1v) is 10.2. The van der Waals surface area contributed by atoms with Crippen LogP contribution in [0.25, 0.3) is 0 Å². The van der Waals surface area contributed by atoms with E-state index >= 15 is 0 Å². The summed E-state index contributed by atoms with van der Waals surface area (Å²) in [5.74, 6) is 1.52. The van der Waals surface area contributed by atoms with Crippen molar-refractivity contribution in [2.45, 2.75) is 46.5 Å². The number of ether oxygens (including phenoxy) is 2. The smallest absolute Gasteiger partial charge is 0.191 e. The molecule has 6 nitrogen and oxygen atoms in total. The fourth-order valence-corrected chi connectivity index (χ4v) is 2.87. The highest BCUT2D eigenvalue weighted by Crippen LogP contribution is 2.12. The van der Waals surface area contributed by atoms with E-state index in [2.05, 4.69) is 41.3 Å². The molecule has 1 unspecified atom stereocenters. The van der Waals surface area contributed by atoms with Crippen LogP contribution in [-0.2, 0) is 9.47 Å². The molecule has 0 radical (unpaired) electrons. The van der Waals surface area contributed by atoms with Gasteiger partial charge in [0.2, 0.25) is 0 Å². The van der Waals surface area contributed by atoms with Crippen molar-refractivity contribution in [1.29, 1.82) is 0 Å². The van der Waals surface area contributed by atoms with Gasteiger partial charge >= 0.3 is 0 Å². The molecule has 26 heavy (non-hydrogen) atoms. The van der Waals surface area contributed by atoms with Crippen LogP contribution in [-0.4, -0.2) is 76.6 Å². The molecule has 0 aliphatic carbocycles. The van der Waals surface area contributed by atoms with Crippen LogP contribution in [0.2, 0.25) is 0 Å². The van der Waals surface area contributed by atoms with Gasteiger partial charge in [0.15, 0.2) is 5.96 Å². The van der Waals surface area contributed by atoms with Crippen molar-refractivity contribution in [3.8, 4) is 0 Å². The van der Waals surface area contributed by atoms with Gasteiger partial charge in [-0.2, -0.15) is 0 Å². The fourth-order valence-electron chi connectivity index (χ4n) is 2.87. The van der Waals surface area contributed by atoms with E-state index in [9.17, 15) is 0 Å². The largest absolute Gasteiger partial charge is 0.381 e. The summed E-state index contributed by atoms with van der Waals surface area (Å²) in [4.78, 5) is 7.10. The standard InChI is InChI=1S/C19H40N4O2.HI/c1-4-20-19(21-11-7-8-13-23(5-2)6-3)22-12-9-14-24-16-18-10-15-25-17-18;/h18H,4-17H2,1-3H3,(H2,20,21,22);1H. The number of hydrogen-bond donors (Lipinski definition) is 2. The number of nitrogens with zero attached hydrogens (tertiary/aromatic N) is 2. The summed E-state index contributed by atoms with van der Waals surface area (Å²) in [5.41, 5.74) is 0. The minimum absolute atomic E-state index is 0. The van der Waals surface area contributed by atoms with Crippen molar-refractivity contribution < 1.29 is 9.47 Å². The molecule has 1 aliphatic heterocycles. The summed E-state index contributed by atoms with van der Waals surface area (Å²) in [6.07, 6.45) is 4.51. The maximum absolute atomic E-state index is 5.72. The highest BCUT2D eigenvalue weighted by atomic mass is 127. The topological polar surface area (TPSA) is 58.1 Å². The molecule has 2 N–H and O–H groups in total. The van der Waals surface area contributed by atoms with Crippen molar-refractivity contribution in [3.63, 3.8) is 0 Å². The van der Waals surface area contributed by atoms with Gasteiger partial charge in [0.05, 0.1) is 13.2 Å². The van der Waals surface area contributed by atoms with Gasteiger partial charge in [0, 0.05) is 38.8 Å². The van der Waals surface area contributed by atoms with Crippen LogP contribution in [0.15, 0.2) is 4.99 Å². The quantitative estimate of drug-likeness (QED) is 0.172. The third-order valence-corrected chi connectivity index (χ3v) is 4.53. The summed E-state index contributed by atoms with van der Waals surface area (Å²) in [5, 5.41) is 6.74. The van der Waals surface area contributed by atoms with E-state index in [1.165, 1.54) is 19.4 Å². The molecule has 0 aromatic rings. The van der Waals surface area contributed by atoms with Crippen LogP contribution < -0.4 is 10.6 Å². The summed E-state index contributed by atoms with van der Waals surface area (Å²) >= 11 is 0. The summed E-state index contributed by atoms with van der Waals surface area (Å²) < 4.78 is 11.1. The van der Waals surface area contributed by atoms with E-state index < -0.39 is 0 Å². The second-order valence-electron chi connectivity index (χ2n) is 6.58. The summed E-state index contributed by atoms with van der Waals surface area (Å²) in [6, 6.07) is 0. The van der Waals surface area contributed by atoms with Gasteiger partial charge in [-0.3, -0.25) is 4.99 Å². The molecular formula is C19H41IN4O2. The first kappa shape index (κ1) is 25.9. The maximum Gasteiger partial charge on any atom is 0.191 e. The van der Waals surface area contributed by atoms with Crippen LogP contribution in [0, 0.1) is 5.92 Å². The number of aliphatic imine (C=N–C) groups is 1.